The quantitative estimate of drug-likeness (QED) is 0.714. The highest BCUT2D eigenvalue weighted by atomic mass is 16.5. The van der Waals surface area contributed by atoms with Gasteiger partial charge in [-0.3, -0.25) is 4.79 Å². The summed E-state index contributed by atoms with van der Waals surface area (Å²) in [6, 6.07) is 6.56. The summed E-state index contributed by atoms with van der Waals surface area (Å²) in [5, 5.41) is 19.3. The minimum absolute atomic E-state index is 0.0447. The van der Waals surface area contributed by atoms with E-state index in [2.05, 4.69) is 20.3 Å². The first-order chi connectivity index (χ1) is 11.5. The van der Waals surface area contributed by atoms with Gasteiger partial charge in [-0.2, -0.15) is 0 Å². The summed E-state index contributed by atoms with van der Waals surface area (Å²) in [5.41, 5.74) is 1.93. The summed E-state index contributed by atoms with van der Waals surface area (Å²) in [5.74, 6) is -0.424. The van der Waals surface area contributed by atoms with E-state index >= 15 is 0 Å². The molecule has 0 aliphatic carbocycles. The third-order valence-corrected chi connectivity index (χ3v) is 3.33. The summed E-state index contributed by atoms with van der Waals surface area (Å²) < 4.78 is 9.99. The fourth-order valence-corrected chi connectivity index (χ4v) is 1.98. The predicted molar refractivity (Wildman–Crippen MR) is 83.8 cm³/mol. The van der Waals surface area contributed by atoms with Crippen molar-refractivity contribution in [2.45, 2.75) is 25.8 Å². The number of benzene rings is 1. The highest BCUT2D eigenvalue weighted by Crippen LogP contribution is 2.18. The molecule has 2 N–H and O–H groups in total. The van der Waals surface area contributed by atoms with E-state index in [0.29, 0.717) is 11.8 Å². The number of amides is 1. The number of esters is 1. The molecule has 0 aliphatic heterocycles. The molecule has 0 spiro atoms. The van der Waals surface area contributed by atoms with Crippen molar-refractivity contribution in [1.82, 2.24) is 15.5 Å². The normalized spacial score (nSPS) is 11.8. The van der Waals surface area contributed by atoms with Crippen LogP contribution in [-0.4, -0.2) is 46.9 Å². The molecule has 0 bridgehead atoms. The smallest absolute Gasteiger partial charge is 0.330 e. The molecule has 0 unspecified atom stereocenters. The van der Waals surface area contributed by atoms with Crippen LogP contribution in [0.15, 0.2) is 28.7 Å². The van der Waals surface area contributed by atoms with Crippen LogP contribution < -0.4 is 5.32 Å². The lowest BCUT2D eigenvalue weighted by Crippen LogP contribution is -2.44. The number of hydrogen-bond acceptors (Lipinski definition) is 7. The van der Waals surface area contributed by atoms with Crippen molar-refractivity contribution in [1.29, 1.82) is 0 Å². The molecule has 1 aromatic heterocycles. The standard InChI is InChI=1S/C16H19N3O5/c1-10-3-5-11(6-4-10)15-19-18-14(24-15)8-7-13(21)17-12(9-20)16(22)23-2/h3-6,12,20H,7-9H2,1-2H3,(H,17,21)/t12-/m1/s1. The number of methoxy groups -OCH3 is 1. The number of aryl methyl sites for hydroxylation is 2. The van der Waals surface area contributed by atoms with Crippen LogP contribution in [0.5, 0.6) is 0 Å². The van der Waals surface area contributed by atoms with Gasteiger partial charge >= 0.3 is 5.97 Å². The SMILES string of the molecule is COC(=O)[C@@H](CO)NC(=O)CCc1nnc(-c2ccc(C)cc2)o1. The van der Waals surface area contributed by atoms with Gasteiger partial charge in [0.1, 0.15) is 0 Å². The minimum Gasteiger partial charge on any atom is -0.467 e. The number of aliphatic hydroxyl groups is 1. The molecule has 1 heterocycles. The molecule has 0 aliphatic rings. The Labute approximate surface area is 138 Å². The fourth-order valence-electron chi connectivity index (χ4n) is 1.98. The topological polar surface area (TPSA) is 115 Å². The summed E-state index contributed by atoms with van der Waals surface area (Å²) in [6.07, 6.45) is 0.271. The first kappa shape index (κ1) is 17.6. The summed E-state index contributed by atoms with van der Waals surface area (Å²) in [4.78, 5) is 23.1. The number of rotatable bonds is 7. The number of aliphatic hydroxyl groups excluding tert-OH is 1. The van der Waals surface area contributed by atoms with Gasteiger partial charge in [-0.05, 0) is 19.1 Å². The number of nitrogens with zero attached hydrogens (tertiary/aromatic N) is 2. The molecule has 0 fully saturated rings. The number of nitrogens with one attached hydrogen (secondary N) is 1. The van der Waals surface area contributed by atoms with Gasteiger partial charge in [0.25, 0.3) is 0 Å². The van der Waals surface area contributed by atoms with Crippen molar-refractivity contribution in [3.63, 3.8) is 0 Å². The maximum Gasteiger partial charge on any atom is 0.330 e. The van der Waals surface area contributed by atoms with Crippen LogP contribution in [-0.2, 0) is 20.7 Å². The molecule has 1 atom stereocenters. The van der Waals surface area contributed by atoms with Gasteiger partial charge < -0.3 is 19.6 Å². The number of carbonyl (C=O) groups excluding carboxylic acids is 2. The van der Waals surface area contributed by atoms with Gasteiger partial charge in [0, 0.05) is 18.4 Å². The average Bonchev–Trinajstić information content (AvgIpc) is 3.06. The van der Waals surface area contributed by atoms with E-state index in [9.17, 15) is 9.59 Å². The molecule has 24 heavy (non-hydrogen) atoms. The minimum atomic E-state index is -1.08. The van der Waals surface area contributed by atoms with E-state index in [0.717, 1.165) is 11.1 Å². The van der Waals surface area contributed by atoms with Crippen molar-refractivity contribution >= 4 is 11.9 Å². The second-order valence-corrected chi connectivity index (χ2v) is 5.19. The first-order valence-corrected chi connectivity index (χ1v) is 7.41. The molecule has 0 radical (unpaired) electrons. The van der Waals surface area contributed by atoms with E-state index in [1.54, 1.807) is 0 Å². The van der Waals surface area contributed by atoms with Crippen LogP contribution >= 0.6 is 0 Å². The van der Waals surface area contributed by atoms with Crippen LogP contribution in [0.3, 0.4) is 0 Å². The van der Waals surface area contributed by atoms with E-state index in [4.69, 9.17) is 9.52 Å². The summed E-state index contributed by atoms with van der Waals surface area (Å²) in [7, 11) is 1.18. The predicted octanol–water partition coefficient (Wildman–Crippen LogP) is 0.628. The maximum atomic E-state index is 11.8. The van der Waals surface area contributed by atoms with Gasteiger partial charge in [-0.15, -0.1) is 10.2 Å². The molecule has 1 amide bonds. The molecule has 1 aromatic carbocycles. The zero-order chi connectivity index (χ0) is 17.5. The molecule has 0 saturated carbocycles. The zero-order valence-corrected chi connectivity index (χ0v) is 13.5. The first-order valence-electron chi connectivity index (χ1n) is 7.41. The Morgan fingerprint density at radius 3 is 2.62 bits per heavy atom. The highest BCUT2D eigenvalue weighted by Gasteiger charge is 2.20. The van der Waals surface area contributed by atoms with Gasteiger partial charge in [-0.25, -0.2) is 4.79 Å². The third kappa shape index (κ3) is 4.63. The number of aromatic nitrogens is 2. The van der Waals surface area contributed by atoms with Crippen LogP contribution in [0.25, 0.3) is 11.5 Å². The molecular weight excluding hydrogens is 314 g/mol. The van der Waals surface area contributed by atoms with Crippen molar-refractivity contribution in [3.8, 4) is 11.5 Å². The van der Waals surface area contributed by atoms with Crippen molar-refractivity contribution in [2.24, 2.45) is 0 Å². The van der Waals surface area contributed by atoms with Crippen molar-refractivity contribution < 1.29 is 23.8 Å². The Hall–Kier alpha value is -2.74. The fraction of sp³-hybridized carbons (Fsp3) is 0.375. The van der Waals surface area contributed by atoms with Gasteiger partial charge in [0.2, 0.25) is 17.7 Å². The Morgan fingerprint density at radius 2 is 2.00 bits per heavy atom. The molecule has 2 rings (SSSR count). The number of hydrogen-bond donors (Lipinski definition) is 2. The summed E-state index contributed by atoms with van der Waals surface area (Å²) in [6.45, 7) is 1.45. The van der Waals surface area contributed by atoms with Gasteiger partial charge in [0.15, 0.2) is 6.04 Å². The van der Waals surface area contributed by atoms with Crippen LogP contribution in [0.1, 0.15) is 17.9 Å². The number of carbonyl (C=O) groups is 2. The van der Waals surface area contributed by atoms with Crippen molar-refractivity contribution in [3.05, 3.63) is 35.7 Å². The van der Waals surface area contributed by atoms with Crippen LogP contribution in [0, 0.1) is 6.92 Å². The largest absolute Gasteiger partial charge is 0.467 e. The monoisotopic (exact) mass is 333 g/mol. The van der Waals surface area contributed by atoms with Gasteiger partial charge in [0.05, 0.1) is 13.7 Å². The maximum absolute atomic E-state index is 11.8. The second-order valence-electron chi connectivity index (χ2n) is 5.19. The Bertz CT molecular complexity index is 696. The lowest BCUT2D eigenvalue weighted by Gasteiger charge is -2.13. The molecule has 2 aromatic rings. The van der Waals surface area contributed by atoms with E-state index in [1.807, 2.05) is 31.2 Å². The molecule has 128 valence electrons. The van der Waals surface area contributed by atoms with E-state index in [-0.39, 0.29) is 12.8 Å². The Balaban J connectivity index is 1.89. The lowest BCUT2D eigenvalue weighted by atomic mass is 10.1. The highest BCUT2D eigenvalue weighted by molar-refractivity contribution is 5.84. The molecule has 0 saturated heterocycles. The van der Waals surface area contributed by atoms with E-state index < -0.39 is 24.5 Å². The number of ether oxygens (including phenoxy) is 1. The van der Waals surface area contributed by atoms with Crippen LogP contribution in [0.2, 0.25) is 0 Å². The Kier molecular flexibility index (Phi) is 6.02. The zero-order valence-electron chi connectivity index (χ0n) is 13.5. The van der Waals surface area contributed by atoms with E-state index in [1.165, 1.54) is 7.11 Å². The van der Waals surface area contributed by atoms with Crippen molar-refractivity contribution in [2.75, 3.05) is 13.7 Å². The average molecular weight is 333 g/mol. The summed E-state index contributed by atoms with van der Waals surface area (Å²) >= 11 is 0. The van der Waals surface area contributed by atoms with Gasteiger partial charge in [-0.1, -0.05) is 17.7 Å². The second kappa shape index (κ2) is 8.21. The lowest BCUT2D eigenvalue weighted by molar-refractivity contribution is -0.146. The molecular formula is C16H19N3O5. The Morgan fingerprint density at radius 1 is 1.29 bits per heavy atom. The third-order valence-electron chi connectivity index (χ3n) is 3.33. The van der Waals surface area contributed by atoms with Crippen LogP contribution in [0.4, 0.5) is 0 Å². The molecule has 8 nitrogen and oxygen atoms in total. The molecule has 8 heteroatoms.